The van der Waals surface area contributed by atoms with E-state index in [0.717, 1.165) is 18.7 Å². The normalized spacial score (nSPS) is 19.4. The average molecular weight is 372 g/mol. The summed E-state index contributed by atoms with van der Waals surface area (Å²) in [5.41, 5.74) is -0.0687. The summed E-state index contributed by atoms with van der Waals surface area (Å²) in [6.45, 7) is 1.81. The van der Waals surface area contributed by atoms with Gasteiger partial charge in [-0.05, 0) is 42.0 Å². The highest BCUT2D eigenvalue weighted by Gasteiger charge is 2.32. The molecule has 1 fully saturated rings. The van der Waals surface area contributed by atoms with Gasteiger partial charge in [-0.3, -0.25) is 0 Å². The van der Waals surface area contributed by atoms with Crippen LogP contribution >= 0.6 is 11.6 Å². The molecule has 25 heavy (non-hydrogen) atoms. The van der Waals surface area contributed by atoms with Gasteiger partial charge in [0.05, 0.1) is 12.2 Å². The van der Waals surface area contributed by atoms with Gasteiger partial charge in [0.1, 0.15) is 11.9 Å². The molecule has 1 N–H and O–H groups in total. The first kappa shape index (κ1) is 18.0. The van der Waals surface area contributed by atoms with Crippen LogP contribution in [0.15, 0.2) is 48.5 Å². The molecule has 7 heteroatoms. The Morgan fingerprint density at radius 3 is 2.32 bits per heavy atom. The van der Waals surface area contributed by atoms with Gasteiger partial charge < -0.3 is 14.8 Å². The molecule has 0 bridgehead atoms. The lowest BCUT2D eigenvalue weighted by molar-refractivity contribution is -0.137. The average Bonchev–Trinajstić information content (AvgIpc) is 2.61. The van der Waals surface area contributed by atoms with Crippen LogP contribution in [-0.2, 0) is 10.9 Å². The summed E-state index contributed by atoms with van der Waals surface area (Å²) in [4.78, 5) is 0. The van der Waals surface area contributed by atoms with E-state index in [1.165, 1.54) is 12.1 Å². The van der Waals surface area contributed by atoms with Crippen molar-refractivity contribution in [1.29, 1.82) is 0 Å². The van der Waals surface area contributed by atoms with Crippen LogP contribution in [0.2, 0.25) is 5.02 Å². The summed E-state index contributed by atoms with van der Waals surface area (Å²) in [5.74, 6) is 0.573. The summed E-state index contributed by atoms with van der Waals surface area (Å²) in [7, 11) is 0. The Labute approximate surface area is 148 Å². The van der Waals surface area contributed by atoms with Crippen molar-refractivity contribution in [1.82, 2.24) is 5.32 Å². The van der Waals surface area contributed by atoms with E-state index >= 15 is 0 Å². The smallest absolute Gasteiger partial charge is 0.416 e. The van der Waals surface area contributed by atoms with E-state index in [9.17, 15) is 13.2 Å². The second-order valence-corrected chi connectivity index (χ2v) is 6.16. The van der Waals surface area contributed by atoms with E-state index in [2.05, 4.69) is 5.32 Å². The van der Waals surface area contributed by atoms with Crippen molar-refractivity contribution in [3.05, 3.63) is 64.7 Å². The molecule has 0 radical (unpaired) electrons. The second-order valence-electron chi connectivity index (χ2n) is 5.73. The highest BCUT2D eigenvalue weighted by atomic mass is 35.5. The van der Waals surface area contributed by atoms with Gasteiger partial charge in [0.2, 0.25) is 0 Å². The molecule has 3 nitrogen and oxygen atoms in total. The lowest BCUT2D eigenvalue weighted by atomic mass is 10.0. The molecule has 0 spiro atoms. The van der Waals surface area contributed by atoms with E-state index in [0.29, 0.717) is 29.5 Å². The van der Waals surface area contributed by atoms with Crippen molar-refractivity contribution in [3.8, 4) is 5.75 Å². The van der Waals surface area contributed by atoms with Crippen molar-refractivity contribution in [2.75, 3.05) is 19.7 Å². The molecule has 1 heterocycles. The van der Waals surface area contributed by atoms with E-state index in [4.69, 9.17) is 21.1 Å². The first-order valence-corrected chi connectivity index (χ1v) is 8.23. The molecule has 2 aromatic carbocycles. The summed E-state index contributed by atoms with van der Waals surface area (Å²) in [6, 6.07) is 11.8. The molecule has 1 aliphatic heterocycles. The Morgan fingerprint density at radius 2 is 1.76 bits per heavy atom. The maximum absolute atomic E-state index is 12.8. The zero-order valence-electron chi connectivity index (χ0n) is 13.2. The maximum atomic E-state index is 12.8. The Morgan fingerprint density at radius 1 is 1.08 bits per heavy atom. The van der Waals surface area contributed by atoms with Crippen LogP contribution in [0.25, 0.3) is 0 Å². The lowest BCUT2D eigenvalue weighted by Gasteiger charge is -2.31. The van der Waals surface area contributed by atoms with Gasteiger partial charge in [-0.15, -0.1) is 0 Å². The van der Waals surface area contributed by atoms with Gasteiger partial charge in [0.25, 0.3) is 0 Å². The number of morpholine rings is 1. The fourth-order valence-electron chi connectivity index (χ4n) is 2.66. The lowest BCUT2D eigenvalue weighted by Crippen LogP contribution is -2.43. The minimum Gasteiger partial charge on any atom is -0.483 e. The third-order valence-corrected chi connectivity index (χ3v) is 4.19. The zero-order chi connectivity index (χ0) is 17.9. The molecule has 2 unspecified atom stereocenters. The van der Waals surface area contributed by atoms with Crippen LogP contribution in [0.1, 0.15) is 17.2 Å². The van der Waals surface area contributed by atoms with E-state index < -0.39 is 17.8 Å². The number of benzene rings is 2. The van der Waals surface area contributed by atoms with Crippen LogP contribution < -0.4 is 10.1 Å². The number of rotatable bonds is 4. The van der Waals surface area contributed by atoms with Crippen LogP contribution in [0.5, 0.6) is 5.75 Å². The number of halogens is 4. The number of hydrogen-bond acceptors (Lipinski definition) is 3. The summed E-state index contributed by atoms with van der Waals surface area (Å²) in [5, 5.41) is 3.79. The first-order chi connectivity index (χ1) is 11.9. The van der Waals surface area contributed by atoms with Crippen LogP contribution in [-0.4, -0.2) is 25.8 Å². The molecule has 0 saturated carbocycles. The Balaban J connectivity index is 1.86. The van der Waals surface area contributed by atoms with Crippen molar-refractivity contribution in [3.63, 3.8) is 0 Å². The quantitative estimate of drug-likeness (QED) is 0.860. The molecule has 3 rings (SSSR count). The molecule has 0 aliphatic carbocycles. The molecule has 2 aromatic rings. The van der Waals surface area contributed by atoms with Gasteiger partial charge in [0, 0.05) is 18.1 Å². The highest BCUT2D eigenvalue weighted by molar-refractivity contribution is 6.30. The first-order valence-electron chi connectivity index (χ1n) is 7.85. The minimum absolute atomic E-state index is 0.304. The monoisotopic (exact) mass is 371 g/mol. The summed E-state index contributed by atoms with van der Waals surface area (Å²) >= 11 is 5.88. The van der Waals surface area contributed by atoms with Gasteiger partial charge >= 0.3 is 6.18 Å². The Hall–Kier alpha value is -1.76. The van der Waals surface area contributed by atoms with E-state index in [-0.39, 0.29) is 6.10 Å². The van der Waals surface area contributed by atoms with Gasteiger partial charge in [-0.1, -0.05) is 23.7 Å². The van der Waals surface area contributed by atoms with E-state index in [1.807, 2.05) is 0 Å². The van der Waals surface area contributed by atoms with Crippen LogP contribution in [0.3, 0.4) is 0 Å². The number of alkyl halides is 3. The van der Waals surface area contributed by atoms with Crippen LogP contribution in [0.4, 0.5) is 13.2 Å². The van der Waals surface area contributed by atoms with Crippen molar-refractivity contribution in [2.45, 2.75) is 18.4 Å². The Kier molecular flexibility index (Phi) is 5.51. The molecule has 134 valence electrons. The van der Waals surface area contributed by atoms with Crippen LogP contribution in [0, 0.1) is 0 Å². The topological polar surface area (TPSA) is 30.5 Å². The molecular formula is C18H17ClF3NO2. The van der Waals surface area contributed by atoms with Crippen molar-refractivity contribution in [2.24, 2.45) is 0 Å². The number of nitrogens with one attached hydrogen (secondary N) is 1. The van der Waals surface area contributed by atoms with Crippen molar-refractivity contribution >= 4 is 11.6 Å². The third kappa shape index (κ3) is 4.66. The van der Waals surface area contributed by atoms with E-state index in [1.54, 1.807) is 24.3 Å². The zero-order valence-corrected chi connectivity index (χ0v) is 14.0. The predicted molar refractivity (Wildman–Crippen MR) is 88.9 cm³/mol. The van der Waals surface area contributed by atoms with Crippen molar-refractivity contribution < 1.29 is 22.6 Å². The molecule has 0 amide bonds. The Bertz CT molecular complexity index is 683. The largest absolute Gasteiger partial charge is 0.483 e. The van der Waals surface area contributed by atoms with Gasteiger partial charge in [0.15, 0.2) is 6.10 Å². The molecule has 1 aliphatic rings. The summed E-state index contributed by atoms with van der Waals surface area (Å²) < 4.78 is 50.1. The predicted octanol–water partition coefficient (Wildman–Crippen LogP) is 4.47. The van der Waals surface area contributed by atoms with Gasteiger partial charge in [-0.2, -0.15) is 13.2 Å². The molecule has 1 saturated heterocycles. The maximum Gasteiger partial charge on any atom is 0.416 e. The SMILES string of the molecule is FC(F)(F)c1ccc(C(Oc2ccc(Cl)cc2)C2CNCCO2)cc1. The molecule has 2 atom stereocenters. The second kappa shape index (κ2) is 7.64. The number of hydrogen-bond donors (Lipinski definition) is 1. The molecular weight excluding hydrogens is 355 g/mol. The fraction of sp³-hybridized carbons (Fsp3) is 0.333. The highest BCUT2D eigenvalue weighted by Crippen LogP contribution is 2.32. The standard InChI is InChI=1S/C18H17ClF3NO2/c19-14-5-7-15(8-6-14)25-17(16-11-23-9-10-24-16)12-1-3-13(4-2-12)18(20,21)22/h1-8,16-17,23H,9-11H2. The fourth-order valence-corrected chi connectivity index (χ4v) is 2.79. The number of ether oxygens (including phenoxy) is 2. The molecule has 0 aromatic heterocycles. The third-order valence-electron chi connectivity index (χ3n) is 3.94. The summed E-state index contributed by atoms with van der Waals surface area (Å²) in [6.07, 6.45) is -5.20. The minimum atomic E-state index is -4.37. The van der Waals surface area contributed by atoms with Gasteiger partial charge in [-0.25, -0.2) is 0 Å².